The summed E-state index contributed by atoms with van der Waals surface area (Å²) >= 11 is 0. The fourth-order valence-electron chi connectivity index (χ4n) is 2.71. The summed E-state index contributed by atoms with van der Waals surface area (Å²) in [7, 11) is 0. The topological polar surface area (TPSA) is 46.3 Å². The van der Waals surface area contributed by atoms with Crippen molar-refractivity contribution >= 4 is 5.78 Å². The van der Waals surface area contributed by atoms with Gasteiger partial charge in [-0.3, -0.25) is 9.69 Å². The maximum Gasteiger partial charge on any atom is 0.149 e. The Kier molecular flexibility index (Phi) is 3.76. The highest BCUT2D eigenvalue weighted by Gasteiger charge is 2.25. The number of nitrogens with two attached hydrogens (primary N) is 1. The molecule has 1 aliphatic heterocycles. The highest BCUT2D eigenvalue weighted by molar-refractivity contribution is 5.83. The largest absolute Gasteiger partial charge is 0.328 e. The second kappa shape index (κ2) is 5.08. The smallest absolute Gasteiger partial charge is 0.149 e. The molecule has 0 spiro atoms. The van der Waals surface area contributed by atoms with Crippen LogP contribution in [0, 0.1) is 5.92 Å². The zero-order chi connectivity index (χ0) is 10.7. The normalized spacial score (nSPS) is 25.9. The molecule has 2 rings (SSSR count). The van der Waals surface area contributed by atoms with E-state index in [0.29, 0.717) is 24.3 Å². The van der Waals surface area contributed by atoms with E-state index in [1.807, 2.05) is 0 Å². The van der Waals surface area contributed by atoms with Gasteiger partial charge in [0, 0.05) is 25.0 Å². The van der Waals surface area contributed by atoms with Crippen molar-refractivity contribution in [2.75, 3.05) is 19.6 Å². The highest BCUT2D eigenvalue weighted by Crippen LogP contribution is 2.25. The molecule has 1 heterocycles. The average molecular weight is 210 g/mol. The first-order valence-corrected chi connectivity index (χ1v) is 6.26. The van der Waals surface area contributed by atoms with E-state index in [4.69, 9.17) is 5.73 Å². The van der Waals surface area contributed by atoms with Crippen LogP contribution < -0.4 is 5.73 Å². The molecule has 0 unspecified atom stereocenters. The molecule has 3 nitrogen and oxygen atoms in total. The molecule has 0 aromatic heterocycles. The van der Waals surface area contributed by atoms with Gasteiger partial charge in [-0.2, -0.15) is 0 Å². The molecule has 0 aromatic carbocycles. The molecule has 1 saturated heterocycles. The van der Waals surface area contributed by atoms with Gasteiger partial charge in [-0.15, -0.1) is 0 Å². The summed E-state index contributed by atoms with van der Waals surface area (Å²) in [6, 6.07) is 0.364. The summed E-state index contributed by atoms with van der Waals surface area (Å²) in [5.74, 6) is 0.851. The maximum atomic E-state index is 11.9. The van der Waals surface area contributed by atoms with Crippen LogP contribution in [-0.2, 0) is 4.79 Å². The van der Waals surface area contributed by atoms with Gasteiger partial charge in [0.1, 0.15) is 5.78 Å². The molecule has 0 radical (unpaired) electrons. The van der Waals surface area contributed by atoms with E-state index in [2.05, 4.69) is 4.90 Å². The monoisotopic (exact) mass is 210 g/mol. The number of likely N-dealkylation sites (tertiary alicyclic amines) is 1. The molecular weight excluding hydrogens is 188 g/mol. The van der Waals surface area contributed by atoms with Gasteiger partial charge in [-0.05, 0) is 25.7 Å². The summed E-state index contributed by atoms with van der Waals surface area (Å²) in [6.45, 7) is 2.70. The highest BCUT2D eigenvalue weighted by atomic mass is 16.1. The molecule has 0 amide bonds. The van der Waals surface area contributed by atoms with Crippen LogP contribution in [0.25, 0.3) is 0 Å². The Morgan fingerprint density at radius 2 is 1.73 bits per heavy atom. The van der Waals surface area contributed by atoms with Gasteiger partial charge in [-0.25, -0.2) is 0 Å². The van der Waals surface area contributed by atoms with Crippen molar-refractivity contribution in [3.05, 3.63) is 0 Å². The van der Waals surface area contributed by atoms with Gasteiger partial charge in [-0.1, -0.05) is 12.8 Å². The predicted molar refractivity (Wildman–Crippen MR) is 60.6 cm³/mol. The lowest BCUT2D eigenvalue weighted by Crippen LogP contribution is -2.42. The number of nitrogens with zero attached hydrogens (tertiary/aromatic N) is 1. The lowest BCUT2D eigenvalue weighted by Gasteiger charge is -2.30. The molecule has 3 heteroatoms. The maximum absolute atomic E-state index is 11.9. The number of hydrogen-bond acceptors (Lipinski definition) is 3. The predicted octanol–water partition coefficient (Wildman–Crippen LogP) is 1.17. The summed E-state index contributed by atoms with van der Waals surface area (Å²) < 4.78 is 0. The van der Waals surface area contributed by atoms with Crippen molar-refractivity contribution in [1.82, 2.24) is 4.90 Å². The first-order valence-electron chi connectivity index (χ1n) is 6.26. The number of carbonyl (C=O) groups is 1. The van der Waals surface area contributed by atoms with Crippen LogP contribution >= 0.6 is 0 Å². The second-order valence-corrected chi connectivity index (χ2v) is 5.06. The van der Waals surface area contributed by atoms with Gasteiger partial charge in [0.2, 0.25) is 0 Å². The zero-order valence-corrected chi connectivity index (χ0v) is 9.45. The van der Waals surface area contributed by atoms with E-state index >= 15 is 0 Å². The Balaban J connectivity index is 1.74. The van der Waals surface area contributed by atoms with Crippen LogP contribution in [0.15, 0.2) is 0 Å². The molecule has 2 N–H and O–H groups in total. The minimum absolute atomic E-state index is 0.364. The average Bonchev–Trinajstić information content (AvgIpc) is 2.74. The van der Waals surface area contributed by atoms with Crippen LogP contribution in [0.4, 0.5) is 0 Å². The van der Waals surface area contributed by atoms with Gasteiger partial charge in [0.25, 0.3) is 0 Å². The van der Waals surface area contributed by atoms with Gasteiger partial charge >= 0.3 is 0 Å². The van der Waals surface area contributed by atoms with Crippen LogP contribution in [0.5, 0.6) is 0 Å². The van der Waals surface area contributed by atoms with Crippen molar-refractivity contribution in [1.29, 1.82) is 0 Å². The second-order valence-electron chi connectivity index (χ2n) is 5.06. The summed E-state index contributed by atoms with van der Waals surface area (Å²) in [6.07, 6.45) is 6.87. The number of rotatable bonds is 3. The molecule has 0 atom stereocenters. The molecular formula is C12H22N2O. The molecule has 1 saturated carbocycles. The summed E-state index contributed by atoms with van der Waals surface area (Å²) in [5.41, 5.74) is 5.84. The molecule has 0 bridgehead atoms. The van der Waals surface area contributed by atoms with Gasteiger partial charge in [0.05, 0.1) is 6.54 Å². The number of Topliss-reactive ketones (excluding diaryl/α,β-unsaturated/α-hetero) is 1. The molecule has 1 aliphatic carbocycles. The Bertz CT molecular complexity index is 216. The van der Waals surface area contributed by atoms with Crippen LogP contribution in [0.2, 0.25) is 0 Å². The Morgan fingerprint density at radius 3 is 2.33 bits per heavy atom. The number of piperidine rings is 1. The lowest BCUT2D eigenvalue weighted by atomic mass is 10.0. The van der Waals surface area contributed by atoms with E-state index in [0.717, 1.165) is 38.8 Å². The SMILES string of the molecule is NC1CCN(CC(=O)C2CCCC2)CC1. The molecule has 2 fully saturated rings. The van der Waals surface area contributed by atoms with E-state index in [1.165, 1.54) is 12.8 Å². The van der Waals surface area contributed by atoms with E-state index in [-0.39, 0.29) is 0 Å². The van der Waals surface area contributed by atoms with Gasteiger partial charge < -0.3 is 5.73 Å². The zero-order valence-electron chi connectivity index (χ0n) is 9.45. The van der Waals surface area contributed by atoms with Crippen LogP contribution in [-0.4, -0.2) is 36.4 Å². The van der Waals surface area contributed by atoms with Crippen molar-refractivity contribution in [3.63, 3.8) is 0 Å². The van der Waals surface area contributed by atoms with Crippen LogP contribution in [0.1, 0.15) is 38.5 Å². The summed E-state index contributed by atoms with van der Waals surface area (Å²) in [4.78, 5) is 14.2. The summed E-state index contributed by atoms with van der Waals surface area (Å²) in [5, 5.41) is 0. The minimum atomic E-state index is 0.364. The van der Waals surface area contributed by atoms with Crippen molar-refractivity contribution in [3.8, 4) is 0 Å². The molecule has 2 aliphatic rings. The third-order valence-electron chi connectivity index (χ3n) is 3.82. The molecule has 0 aromatic rings. The minimum Gasteiger partial charge on any atom is -0.328 e. The Labute approximate surface area is 92.0 Å². The number of hydrogen-bond donors (Lipinski definition) is 1. The Morgan fingerprint density at radius 1 is 1.13 bits per heavy atom. The third kappa shape index (κ3) is 3.02. The first-order chi connectivity index (χ1) is 7.25. The van der Waals surface area contributed by atoms with Crippen molar-refractivity contribution in [2.24, 2.45) is 11.7 Å². The van der Waals surface area contributed by atoms with E-state index in [9.17, 15) is 4.79 Å². The first kappa shape index (κ1) is 11.1. The van der Waals surface area contributed by atoms with E-state index in [1.54, 1.807) is 0 Å². The quantitative estimate of drug-likeness (QED) is 0.760. The van der Waals surface area contributed by atoms with Crippen molar-refractivity contribution in [2.45, 2.75) is 44.6 Å². The van der Waals surface area contributed by atoms with Crippen molar-refractivity contribution < 1.29 is 4.79 Å². The van der Waals surface area contributed by atoms with E-state index < -0.39 is 0 Å². The lowest BCUT2D eigenvalue weighted by molar-refractivity contribution is -0.124. The molecule has 15 heavy (non-hydrogen) atoms. The molecule has 86 valence electrons. The standard InChI is InChI=1S/C12H22N2O/c13-11-5-7-14(8-6-11)9-12(15)10-3-1-2-4-10/h10-11H,1-9,13H2. The fraction of sp³-hybridized carbons (Fsp3) is 0.917. The third-order valence-corrected chi connectivity index (χ3v) is 3.82. The fourth-order valence-corrected chi connectivity index (χ4v) is 2.71. The van der Waals surface area contributed by atoms with Gasteiger partial charge in [0.15, 0.2) is 0 Å². The van der Waals surface area contributed by atoms with Crippen LogP contribution in [0.3, 0.4) is 0 Å². The Hall–Kier alpha value is -0.410. The number of carbonyl (C=O) groups excluding carboxylic acids is 1. The number of ketones is 1.